The molecule has 2 heterocycles. The summed E-state index contributed by atoms with van der Waals surface area (Å²) in [5.74, 6) is 0.675. The van der Waals surface area contributed by atoms with Crippen molar-refractivity contribution in [2.24, 2.45) is 5.92 Å². The molecule has 0 aromatic heterocycles. The van der Waals surface area contributed by atoms with Gasteiger partial charge in [-0.3, -0.25) is 4.67 Å². The number of nitrogens with zero attached hydrogens (tertiary/aromatic N) is 1. The first-order valence-electron chi connectivity index (χ1n) is 7.26. The molecule has 0 N–H and O–H groups in total. The van der Waals surface area contributed by atoms with Crippen LogP contribution in [0.15, 0.2) is 23.8 Å². The fourth-order valence-electron chi connectivity index (χ4n) is 3.40. The summed E-state index contributed by atoms with van der Waals surface area (Å²) in [5.41, 5.74) is 2.19. The molecule has 3 aliphatic rings. The summed E-state index contributed by atoms with van der Waals surface area (Å²) >= 11 is 0. The second-order valence-corrected chi connectivity index (χ2v) is 8.47. The molecular weight excluding hydrogens is 241 g/mol. The molecule has 4 atom stereocenters. The van der Waals surface area contributed by atoms with E-state index in [-0.39, 0.29) is 8.30 Å². The van der Waals surface area contributed by atoms with Gasteiger partial charge in [0.05, 0.1) is 0 Å². The molecule has 0 bridgehead atoms. The molecule has 0 aromatic carbocycles. The minimum atomic E-state index is -0.354. The van der Waals surface area contributed by atoms with Crippen molar-refractivity contribution < 1.29 is 4.52 Å². The predicted octanol–water partition coefficient (Wildman–Crippen LogP) is 4.09. The van der Waals surface area contributed by atoms with Crippen molar-refractivity contribution in [2.75, 3.05) is 6.54 Å². The standard InChI is InChI=1S/C15H24NOP/c1-11(2)18-16-9-5-8-14(16)15(17-18)13-7-4-6-12(3)10-13/h4,6-7,11-12,14-15H,5,8-10H2,1-3H3/t12-,14-,15+,18?/m0/s1. The van der Waals surface area contributed by atoms with E-state index in [2.05, 4.69) is 43.7 Å². The van der Waals surface area contributed by atoms with Crippen LogP contribution in [0.2, 0.25) is 0 Å². The highest BCUT2D eigenvalue weighted by molar-refractivity contribution is 7.51. The van der Waals surface area contributed by atoms with E-state index >= 15 is 0 Å². The lowest BCUT2D eigenvalue weighted by molar-refractivity contribution is 0.239. The molecule has 100 valence electrons. The highest BCUT2D eigenvalue weighted by Gasteiger charge is 2.47. The molecule has 18 heavy (non-hydrogen) atoms. The van der Waals surface area contributed by atoms with Crippen LogP contribution in [0.4, 0.5) is 0 Å². The highest BCUT2D eigenvalue weighted by Crippen LogP contribution is 2.59. The molecule has 0 radical (unpaired) electrons. The third-order valence-corrected chi connectivity index (χ3v) is 6.54. The minimum absolute atomic E-state index is 0.354. The largest absolute Gasteiger partial charge is 0.334 e. The van der Waals surface area contributed by atoms with Crippen molar-refractivity contribution in [1.29, 1.82) is 0 Å². The van der Waals surface area contributed by atoms with Gasteiger partial charge < -0.3 is 4.52 Å². The van der Waals surface area contributed by atoms with Crippen LogP contribution in [0.3, 0.4) is 0 Å². The van der Waals surface area contributed by atoms with Crippen molar-refractivity contribution in [2.45, 2.75) is 57.8 Å². The van der Waals surface area contributed by atoms with Gasteiger partial charge in [0, 0.05) is 18.2 Å². The van der Waals surface area contributed by atoms with Crippen LogP contribution in [-0.2, 0) is 4.52 Å². The van der Waals surface area contributed by atoms with E-state index < -0.39 is 0 Å². The molecule has 1 unspecified atom stereocenters. The SMILES string of the molecule is CC(C)P1O[C@H](C2=CC=C[C@H](C)C2)[C@@H]2CCCN21. The topological polar surface area (TPSA) is 12.5 Å². The summed E-state index contributed by atoms with van der Waals surface area (Å²) in [6, 6.07) is 0.670. The number of allylic oxidation sites excluding steroid dienone is 3. The van der Waals surface area contributed by atoms with E-state index in [0.29, 0.717) is 23.7 Å². The van der Waals surface area contributed by atoms with E-state index in [9.17, 15) is 0 Å². The van der Waals surface area contributed by atoms with E-state index in [1.54, 1.807) is 0 Å². The quantitative estimate of drug-likeness (QED) is 0.697. The lowest BCUT2D eigenvalue weighted by Gasteiger charge is -2.23. The van der Waals surface area contributed by atoms with Gasteiger partial charge in [0.2, 0.25) is 0 Å². The molecule has 0 saturated carbocycles. The molecule has 2 saturated heterocycles. The van der Waals surface area contributed by atoms with E-state index in [0.717, 1.165) is 0 Å². The molecule has 1 aliphatic carbocycles. The Balaban J connectivity index is 1.81. The monoisotopic (exact) mass is 265 g/mol. The summed E-state index contributed by atoms with van der Waals surface area (Å²) in [7, 11) is -0.354. The molecule has 0 amide bonds. The fourth-order valence-corrected chi connectivity index (χ4v) is 5.73. The smallest absolute Gasteiger partial charge is 0.108 e. The second-order valence-electron chi connectivity index (χ2n) is 6.10. The number of fused-ring (bicyclic) bond motifs is 1. The Morgan fingerprint density at radius 1 is 1.44 bits per heavy atom. The Morgan fingerprint density at radius 2 is 2.28 bits per heavy atom. The van der Waals surface area contributed by atoms with Crippen molar-refractivity contribution in [3.63, 3.8) is 0 Å². The Bertz CT molecular complexity index is 377. The second kappa shape index (κ2) is 5.07. The van der Waals surface area contributed by atoms with Gasteiger partial charge in [0.1, 0.15) is 14.4 Å². The van der Waals surface area contributed by atoms with Crippen LogP contribution >= 0.6 is 8.30 Å². The van der Waals surface area contributed by atoms with Gasteiger partial charge in [0.25, 0.3) is 0 Å². The Labute approximate surface area is 112 Å². The number of rotatable bonds is 2. The van der Waals surface area contributed by atoms with Gasteiger partial charge in [-0.15, -0.1) is 0 Å². The fraction of sp³-hybridized carbons (Fsp3) is 0.733. The highest BCUT2D eigenvalue weighted by atomic mass is 31.2. The zero-order chi connectivity index (χ0) is 12.7. The van der Waals surface area contributed by atoms with Gasteiger partial charge >= 0.3 is 0 Å². The maximum atomic E-state index is 6.47. The minimum Gasteiger partial charge on any atom is -0.334 e. The van der Waals surface area contributed by atoms with Gasteiger partial charge in [-0.05, 0) is 30.8 Å². The Kier molecular flexibility index (Phi) is 3.62. The summed E-state index contributed by atoms with van der Waals surface area (Å²) in [5, 5.41) is 0. The molecule has 2 fully saturated rings. The first kappa shape index (κ1) is 12.8. The molecular formula is C15H24NOP. The third-order valence-electron chi connectivity index (χ3n) is 4.21. The summed E-state index contributed by atoms with van der Waals surface area (Å²) in [6.07, 6.45) is 11.1. The van der Waals surface area contributed by atoms with E-state index in [1.165, 1.54) is 31.4 Å². The van der Waals surface area contributed by atoms with Crippen LogP contribution in [0.5, 0.6) is 0 Å². The van der Waals surface area contributed by atoms with Gasteiger partial charge in [-0.1, -0.05) is 39.0 Å². The van der Waals surface area contributed by atoms with E-state index in [1.807, 2.05) is 0 Å². The van der Waals surface area contributed by atoms with Gasteiger partial charge in [-0.2, -0.15) is 0 Å². The Hall–Kier alpha value is -0.170. The Morgan fingerprint density at radius 3 is 3.00 bits per heavy atom. The maximum absolute atomic E-state index is 6.47. The molecule has 0 spiro atoms. The van der Waals surface area contributed by atoms with Crippen molar-refractivity contribution in [3.05, 3.63) is 23.8 Å². The van der Waals surface area contributed by atoms with Crippen LogP contribution in [0, 0.1) is 5.92 Å². The van der Waals surface area contributed by atoms with Crippen molar-refractivity contribution >= 4 is 8.30 Å². The normalized spacial score (nSPS) is 40.3. The number of hydrogen-bond donors (Lipinski definition) is 0. The first-order chi connectivity index (χ1) is 8.66. The van der Waals surface area contributed by atoms with Crippen LogP contribution in [-0.4, -0.2) is 29.0 Å². The molecule has 3 heteroatoms. The van der Waals surface area contributed by atoms with Crippen LogP contribution < -0.4 is 0 Å². The van der Waals surface area contributed by atoms with Crippen molar-refractivity contribution in [1.82, 2.24) is 4.67 Å². The van der Waals surface area contributed by atoms with Gasteiger partial charge in [0.15, 0.2) is 0 Å². The third kappa shape index (κ3) is 2.19. The van der Waals surface area contributed by atoms with Gasteiger partial charge in [-0.25, -0.2) is 0 Å². The molecule has 0 aromatic rings. The molecule has 2 nitrogen and oxygen atoms in total. The maximum Gasteiger partial charge on any atom is 0.108 e. The zero-order valence-corrected chi connectivity index (χ0v) is 12.6. The number of hydrogen-bond acceptors (Lipinski definition) is 2. The predicted molar refractivity (Wildman–Crippen MR) is 77.7 cm³/mol. The van der Waals surface area contributed by atoms with E-state index in [4.69, 9.17) is 4.52 Å². The first-order valence-corrected chi connectivity index (χ1v) is 8.55. The zero-order valence-electron chi connectivity index (χ0n) is 11.7. The van der Waals surface area contributed by atoms with Crippen molar-refractivity contribution in [3.8, 4) is 0 Å². The average molecular weight is 265 g/mol. The van der Waals surface area contributed by atoms with Crippen LogP contribution in [0.25, 0.3) is 0 Å². The summed E-state index contributed by atoms with van der Waals surface area (Å²) in [6.45, 7) is 8.17. The van der Waals surface area contributed by atoms with Crippen LogP contribution in [0.1, 0.15) is 40.0 Å². The lowest BCUT2D eigenvalue weighted by atomic mass is 9.89. The summed E-state index contributed by atoms with van der Waals surface area (Å²) < 4.78 is 9.14. The lowest BCUT2D eigenvalue weighted by Crippen LogP contribution is -2.30. The average Bonchev–Trinajstić information content (AvgIpc) is 2.88. The molecule has 2 aliphatic heterocycles. The molecule has 3 rings (SSSR count). The summed E-state index contributed by atoms with van der Waals surface area (Å²) in [4.78, 5) is 0.